The van der Waals surface area contributed by atoms with Crippen molar-refractivity contribution < 1.29 is 5.11 Å². The van der Waals surface area contributed by atoms with Crippen LogP contribution in [0.15, 0.2) is 16.6 Å². The maximum absolute atomic E-state index is 9.81. The Kier molecular flexibility index (Phi) is 2.33. The van der Waals surface area contributed by atoms with E-state index in [2.05, 4.69) is 28.9 Å². The van der Waals surface area contributed by atoms with Crippen molar-refractivity contribution in [3.63, 3.8) is 0 Å². The van der Waals surface area contributed by atoms with Crippen LogP contribution in [0.25, 0.3) is 0 Å². The van der Waals surface area contributed by atoms with Gasteiger partial charge in [-0.3, -0.25) is 0 Å². The van der Waals surface area contributed by atoms with Gasteiger partial charge in [-0.15, -0.1) is 0 Å². The third kappa shape index (κ3) is 1.60. The predicted octanol–water partition coefficient (Wildman–Crippen LogP) is 3.28. The van der Waals surface area contributed by atoms with Gasteiger partial charge in [-0.05, 0) is 58.3 Å². The molecule has 0 aliphatic heterocycles. The number of hydrogen-bond donors (Lipinski definition) is 1. The number of benzene rings is 1. The summed E-state index contributed by atoms with van der Waals surface area (Å²) in [5, 5.41) is 9.81. The molecule has 0 heterocycles. The van der Waals surface area contributed by atoms with Crippen LogP contribution in [-0.4, -0.2) is 5.11 Å². The standard InChI is InChI=1S/C11H13BrO/c1-7-2-3-8-4-5-10(12)11(13)9(8)6-7/h4-5,7,13H,2-3,6H2,1H3. The van der Waals surface area contributed by atoms with E-state index in [1.165, 1.54) is 12.0 Å². The molecule has 0 fully saturated rings. The number of hydrogen-bond acceptors (Lipinski definition) is 1. The van der Waals surface area contributed by atoms with Crippen molar-refractivity contribution in [3.8, 4) is 5.75 Å². The lowest BCUT2D eigenvalue weighted by Crippen LogP contribution is -2.11. The van der Waals surface area contributed by atoms with E-state index in [9.17, 15) is 5.11 Å². The summed E-state index contributed by atoms with van der Waals surface area (Å²) < 4.78 is 0.820. The molecule has 0 aromatic heterocycles. The lowest BCUT2D eigenvalue weighted by Gasteiger charge is -2.22. The highest BCUT2D eigenvalue weighted by atomic mass is 79.9. The molecule has 70 valence electrons. The first kappa shape index (κ1) is 9.07. The number of rotatable bonds is 0. The van der Waals surface area contributed by atoms with Crippen LogP contribution in [-0.2, 0) is 12.8 Å². The smallest absolute Gasteiger partial charge is 0.133 e. The van der Waals surface area contributed by atoms with Gasteiger partial charge in [-0.25, -0.2) is 0 Å². The molecule has 1 unspecified atom stereocenters. The fourth-order valence-corrected chi connectivity index (χ4v) is 2.34. The normalized spacial score (nSPS) is 21.2. The first-order chi connectivity index (χ1) is 6.18. The van der Waals surface area contributed by atoms with Gasteiger partial charge in [0.05, 0.1) is 4.47 Å². The minimum atomic E-state index is 0.448. The van der Waals surface area contributed by atoms with Crippen LogP contribution in [0.1, 0.15) is 24.5 Å². The average molecular weight is 241 g/mol. The maximum atomic E-state index is 9.81. The Labute approximate surface area is 86.9 Å². The number of phenolic OH excluding ortho intramolecular Hbond substituents is 1. The van der Waals surface area contributed by atoms with Crippen molar-refractivity contribution in [1.29, 1.82) is 0 Å². The molecule has 1 nitrogen and oxygen atoms in total. The van der Waals surface area contributed by atoms with E-state index < -0.39 is 0 Å². The quantitative estimate of drug-likeness (QED) is 0.739. The number of halogens is 1. The van der Waals surface area contributed by atoms with E-state index in [0.717, 1.165) is 22.9 Å². The highest BCUT2D eigenvalue weighted by Gasteiger charge is 2.19. The Hall–Kier alpha value is -0.500. The van der Waals surface area contributed by atoms with Crippen molar-refractivity contribution in [2.75, 3.05) is 0 Å². The molecule has 0 saturated heterocycles. The summed E-state index contributed by atoms with van der Waals surface area (Å²) in [6, 6.07) is 4.05. The second-order valence-corrected chi connectivity index (χ2v) is 4.74. The summed E-state index contributed by atoms with van der Waals surface area (Å²) in [7, 11) is 0. The summed E-state index contributed by atoms with van der Waals surface area (Å²) >= 11 is 3.34. The SMILES string of the molecule is CC1CCc2ccc(Br)c(O)c2C1. The molecule has 1 aliphatic rings. The van der Waals surface area contributed by atoms with Gasteiger partial charge in [0.25, 0.3) is 0 Å². The van der Waals surface area contributed by atoms with Gasteiger partial charge in [-0.1, -0.05) is 13.0 Å². The molecule has 2 heteroatoms. The first-order valence-electron chi connectivity index (χ1n) is 4.67. The van der Waals surface area contributed by atoms with E-state index in [1.54, 1.807) is 0 Å². The highest BCUT2D eigenvalue weighted by Crippen LogP contribution is 2.36. The summed E-state index contributed by atoms with van der Waals surface area (Å²) in [5.41, 5.74) is 2.46. The minimum Gasteiger partial charge on any atom is -0.506 e. The largest absolute Gasteiger partial charge is 0.506 e. The molecule has 0 spiro atoms. The van der Waals surface area contributed by atoms with Crippen LogP contribution in [0, 0.1) is 5.92 Å². The third-order valence-corrected chi connectivity index (χ3v) is 3.43. The minimum absolute atomic E-state index is 0.448. The molecule has 0 bridgehead atoms. The molecular formula is C11H13BrO. The number of phenols is 1. The van der Waals surface area contributed by atoms with E-state index in [0.29, 0.717) is 11.7 Å². The lowest BCUT2D eigenvalue weighted by molar-refractivity contribution is 0.437. The van der Waals surface area contributed by atoms with Gasteiger partial charge in [0.15, 0.2) is 0 Å². The van der Waals surface area contributed by atoms with Crippen LogP contribution in [0.3, 0.4) is 0 Å². The third-order valence-electron chi connectivity index (χ3n) is 2.79. The predicted molar refractivity (Wildman–Crippen MR) is 57.0 cm³/mol. The van der Waals surface area contributed by atoms with Gasteiger partial charge in [-0.2, -0.15) is 0 Å². The molecule has 1 aromatic rings. The monoisotopic (exact) mass is 240 g/mol. The Morgan fingerprint density at radius 3 is 3.00 bits per heavy atom. The zero-order valence-corrected chi connectivity index (χ0v) is 9.26. The summed E-state index contributed by atoms with van der Waals surface area (Å²) in [6.45, 7) is 2.24. The summed E-state index contributed by atoms with van der Waals surface area (Å²) in [5.74, 6) is 1.15. The Morgan fingerprint density at radius 1 is 1.46 bits per heavy atom. The van der Waals surface area contributed by atoms with Crippen molar-refractivity contribution in [2.45, 2.75) is 26.2 Å². The van der Waals surface area contributed by atoms with Crippen LogP contribution >= 0.6 is 15.9 Å². The molecule has 1 atom stereocenters. The maximum Gasteiger partial charge on any atom is 0.133 e. The van der Waals surface area contributed by atoms with Crippen molar-refractivity contribution in [2.24, 2.45) is 5.92 Å². The zero-order chi connectivity index (χ0) is 9.42. The molecular weight excluding hydrogens is 228 g/mol. The van der Waals surface area contributed by atoms with Gasteiger partial charge < -0.3 is 5.11 Å². The summed E-state index contributed by atoms with van der Waals surface area (Å²) in [4.78, 5) is 0. The number of aromatic hydroxyl groups is 1. The Balaban J connectivity index is 2.48. The molecule has 0 radical (unpaired) electrons. The van der Waals surface area contributed by atoms with Crippen molar-refractivity contribution in [1.82, 2.24) is 0 Å². The topological polar surface area (TPSA) is 20.2 Å². The number of fused-ring (bicyclic) bond motifs is 1. The van der Waals surface area contributed by atoms with Gasteiger partial charge >= 0.3 is 0 Å². The molecule has 2 rings (SSSR count). The lowest BCUT2D eigenvalue weighted by atomic mass is 9.84. The van der Waals surface area contributed by atoms with Gasteiger partial charge in [0.1, 0.15) is 5.75 Å². The summed E-state index contributed by atoms with van der Waals surface area (Å²) in [6.07, 6.45) is 3.37. The van der Waals surface area contributed by atoms with E-state index in [-0.39, 0.29) is 0 Å². The number of aryl methyl sites for hydroxylation is 1. The fourth-order valence-electron chi connectivity index (χ4n) is 1.96. The molecule has 13 heavy (non-hydrogen) atoms. The van der Waals surface area contributed by atoms with Crippen molar-refractivity contribution in [3.05, 3.63) is 27.7 Å². The van der Waals surface area contributed by atoms with Gasteiger partial charge in [0, 0.05) is 0 Å². The van der Waals surface area contributed by atoms with E-state index >= 15 is 0 Å². The van der Waals surface area contributed by atoms with E-state index in [1.807, 2.05) is 6.07 Å². The highest BCUT2D eigenvalue weighted by molar-refractivity contribution is 9.10. The van der Waals surface area contributed by atoms with Crippen LogP contribution in [0.4, 0.5) is 0 Å². The Bertz CT molecular complexity index is 333. The average Bonchev–Trinajstić information content (AvgIpc) is 2.12. The van der Waals surface area contributed by atoms with Crippen LogP contribution in [0.5, 0.6) is 5.75 Å². The Morgan fingerprint density at radius 2 is 2.23 bits per heavy atom. The zero-order valence-electron chi connectivity index (χ0n) is 7.68. The van der Waals surface area contributed by atoms with Crippen LogP contribution < -0.4 is 0 Å². The van der Waals surface area contributed by atoms with Gasteiger partial charge in [0.2, 0.25) is 0 Å². The fraction of sp³-hybridized carbons (Fsp3) is 0.455. The van der Waals surface area contributed by atoms with Crippen molar-refractivity contribution >= 4 is 15.9 Å². The molecule has 0 amide bonds. The molecule has 1 N–H and O–H groups in total. The second kappa shape index (κ2) is 3.33. The molecule has 1 aliphatic carbocycles. The molecule has 0 saturated carbocycles. The van der Waals surface area contributed by atoms with Crippen LogP contribution in [0.2, 0.25) is 0 Å². The molecule has 1 aromatic carbocycles. The van der Waals surface area contributed by atoms with E-state index in [4.69, 9.17) is 0 Å². The first-order valence-corrected chi connectivity index (χ1v) is 5.47. The second-order valence-electron chi connectivity index (χ2n) is 3.88.